The fourth-order valence-electron chi connectivity index (χ4n) is 2.11. The van der Waals surface area contributed by atoms with Crippen LogP contribution in [0.5, 0.6) is 0 Å². The summed E-state index contributed by atoms with van der Waals surface area (Å²) < 4.78 is 0. The van der Waals surface area contributed by atoms with Gasteiger partial charge in [0.2, 0.25) is 11.8 Å². The molecule has 1 saturated heterocycles. The first-order chi connectivity index (χ1) is 8.34. The molecule has 2 amide bonds. The van der Waals surface area contributed by atoms with Crippen LogP contribution in [0.15, 0.2) is 0 Å². The van der Waals surface area contributed by atoms with Gasteiger partial charge >= 0.3 is 5.97 Å². The third-order valence-electron chi connectivity index (χ3n) is 3.50. The van der Waals surface area contributed by atoms with Gasteiger partial charge in [-0.3, -0.25) is 9.59 Å². The van der Waals surface area contributed by atoms with Crippen LogP contribution in [0.25, 0.3) is 0 Å². The molecule has 0 radical (unpaired) electrons. The maximum absolute atomic E-state index is 12.1. The van der Waals surface area contributed by atoms with E-state index in [1.54, 1.807) is 4.90 Å². The number of likely N-dealkylation sites (N-methyl/N-ethyl adjacent to an activating group) is 1. The summed E-state index contributed by atoms with van der Waals surface area (Å²) in [5.74, 6) is -1.54. The first kappa shape index (κ1) is 14.5. The fourth-order valence-corrected chi connectivity index (χ4v) is 2.11. The first-order valence-electron chi connectivity index (χ1n) is 6.09. The van der Waals surface area contributed by atoms with Crippen LogP contribution in [0.1, 0.15) is 26.7 Å². The number of nitrogens with zero attached hydrogens (tertiary/aromatic N) is 2. The highest BCUT2D eigenvalue weighted by molar-refractivity contribution is 5.85. The van der Waals surface area contributed by atoms with Crippen LogP contribution in [-0.2, 0) is 14.4 Å². The molecule has 1 aliphatic heterocycles. The number of hydrogen-bond donors (Lipinski definition) is 1. The van der Waals surface area contributed by atoms with E-state index in [9.17, 15) is 14.4 Å². The van der Waals surface area contributed by atoms with Gasteiger partial charge in [-0.1, -0.05) is 0 Å². The lowest BCUT2D eigenvalue weighted by atomic mass is 9.96. The highest BCUT2D eigenvalue weighted by atomic mass is 16.4. The Balaban J connectivity index is 2.66. The Morgan fingerprint density at radius 1 is 1.39 bits per heavy atom. The standard InChI is InChI=1S/C12H20N2O4/c1-8(12(17)18)13(3)11(16)10-5-4-6-14(7-10)9(2)15/h8,10H,4-7H2,1-3H3,(H,17,18). The van der Waals surface area contributed by atoms with Crippen molar-refractivity contribution in [1.29, 1.82) is 0 Å². The smallest absolute Gasteiger partial charge is 0.326 e. The average molecular weight is 256 g/mol. The first-order valence-corrected chi connectivity index (χ1v) is 6.09. The molecule has 2 atom stereocenters. The number of aliphatic carboxylic acids is 1. The fraction of sp³-hybridized carbons (Fsp3) is 0.750. The van der Waals surface area contributed by atoms with E-state index in [1.807, 2.05) is 0 Å². The summed E-state index contributed by atoms with van der Waals surface area (Å²) in [6, 6.07) is -0.842. The van der Waals surface area contributed by atoms with Crippen LogP contribution in [0.4, 0.5) is 0 Å². The van der Waals surface area contributed by atoms with E-state index in [-0.39, 0.29) is 17.7 Å². The van der Waals surface area contributed by atoms with Crippen molar-refractivity contribution >= 4 is 17.8 Å². The van der Waals surface area contributed by atoms with Gasteiger partial charge in [0.05, 0.1) is 5.92 Å². The topological polar surface area (TPSA) is 77.9 Å². The van der Waals surface area contributed by atoms with Gasteiger partial charge in [-0.25, -0.2) is 4.79 Å². The SMILES string of the molecule is CC(=O)N1CCCC(C(=O)N(C)C(C)C(=O)O)C1. The van der Waals surface area contributed by atoms with Crippen LogP contribution in [0.3, 0.4) is 0 Å². The lowest BCUT2D eigenvalue weighted by molar-refractivity contribution is -0.151. The van der Waals surface area contributed by atoms with Gasteiger partial charge in [-0.15, -0.1) is 0 Å². The molecular weight excluding hydrogens is 236 g/mol. The van der Waals surface area contributed by atoms with E-state index in [0.717, 1.165) is 6.42 Å². The molecule has 18 heavy (non-hydrogen) atoms. The van der Waals surface area contributed by atoms with E-state index < -0.39 is 12.0 Å². The molecule has 1 aliphatic rings. The van der Waals surface area contributed by atoms with Gasteiger partial charge in [0.15, 0.2) is 0 Å². The monoisotopic (exact) mass is 256 g/mol. The van der Waals surface area contributed by atoms with Gasteiger partial charge in [0, 0.05) is 27.1 Å². The van der Waals surface area contributed by atoms with Crippen molar-refractivity contribution in [1.82, 2.24) is 9.80 Å². The molecule has 0 aliphatic carbocycles. The number of amides is 2. The second-order valence-electron chi connectivity index (χ2n) is 4.77. The van der Waals surface area contributed by atoms with Crippen molar-refractivity contribution in [3.63, 3.8) is 0 Å². The quantitative estimate of drug-likeness (QED) is 0.781. The number of hydrogen-bond acceptors (Lipinski definition) is 3. The molecule has 1 heterocycles. The van der Waals surface area contributed by atoms with Gasteiger partial charge in [0.1, 0.15) is 6.04 Å². The second kappa shape index (κ2) is 5.84. The molecule has 0 spiro atoms. The lowest BCUT2D eigenvalue weighted by Crippen LogP contribution is -2.48. The normalized spacial score (nSPS) is 21.3. The maximum atomic E-state index is 12.1. The molecule has 1 fully saturated rings. The van der Waals surface area contributed by atoms with Gasteiger partial charge in [0.25, 0.3) is 0 Å². The van der Waals surface area contributed by atoms with Gasteiger partial charge < -0.3 is 14.9 Å². The number of carbonyl (C=O) groups is 3. The number of carboxylic acid groups (broad SMARTS) is 1. The predicted octanol–water partition coefficient (Wildman–Crippen LogP) is 0.176. The molecule has 0 aromatic heterocycles. The van der Waals surface area contributed by atoms with Crippen molar-refractivity contribution in [2.75, 3.05) is 20.1 Å². The maximum Gasteiger partial charge on any atom is 0.326 e. The highest BCUT2D eigenvalue weighted by Crippen LogP contribution is 2.19. The van der Waals surface area contributed by atoms with Crippen LogP contribution < -0.4 is 0 Å². The van der Waals surface area contributed by atoms with E-state index in [0.29, 0.717) is 19.5 Å². The third-order valence-corrected chi connectivity index (χ3v) is 3.50. The average Bonchev–Trinajstić information content (AvgIpc) is 2.36. The summed E-state index contributed by atoms with van der Waals surface area (Å²) in [6.45, 7) is 4.03. The van der Waals surface area contributed by atoms with Crippen LogP contribution in [0, 0.1) is 5.92 Å². The minimum Gasteiger partial charge on any atom is -0.480 e. The Morgan fingerprint density at radius 3 is 2.50 bits per heavy atom. The summed E-state index contributed by atoms with van der Waals surface area (Å²) in [6.07, 6.45) is 1.49. The largest absolute Gasteiger partial charge is 0.480 e. The molecule has 1 rings (SSSR count). The molecular formula is C12H20N2O4. The van der Waals surface area contributed by atoms with Gasteiger partial charge in [-0.05, 0) is 19.8 Å². The van der Waals surface area contributed by atoms with Crippen molar-refractivity contribution in [3.05, 3.63) is 0 Å². The Labute approximate surface area is 107 Å². The van der Waals surface area contributed by atoms with Gasteiger partial charge in [-0.2, -0.15) is 0 Å². The number of likely N-dealkylation sites (tertiary alicyclic amines) is 1. The van der Waals surface area contributed by atoms with Crippen LogP contribution in [-0.4, -0.2) is 58.9 Å². The van der Waals surface area contributed by atoms with E-state index >= 15 is 0 Å². The van der Waals surface area contributed by atoms with E-state index in [2.05, 4.69) is 0 Å². The summed E-state index contributed by atoms with van der Waals surface area (Å²) >= 11 is 0. The van der Waals surface area contributed by atoms with E-state index in [4.69, 9.17) is 5.11 Å². The number of carboxylic acids is 1. The molecule has 1 N–H and O–H groups in total. The molecule has 0 aromatic carbocycles. The Kier molecular flexibility index (Phi) is 4.69. The molecule has 102 valence electrons. The third kappa shape index (κ3) is 3.21. The summed E-state index contributed by atoms with van der Waals surface area (Å²) in [4.78, 5) is 37.2. The molecule has 6 nitrogen and oxygen atoms in total. The molecule has 0 bridgehead atoms. The second-order valence-corrected chi connectivity index (χ2v) is 4.77. The zero-order valence-electron chi connectivity index (χ0n) is 11.0. The van der Waals surface area contributed by atoms with Crippen LogP contribution in [0.2, 0.25) is 0 Å². The van der Waals surface area contributed by atoms with Crippen LogP contribution >= 0.6 is 0 Å². The van der Waals surface area contributed by atoms with Crippen molar-refractivity contribution in [2.45, 2.75) is 32.7 Å². The molecule has 0 aromatic rings. The lowest BCUT2D eigenvalue weighted by Gasteiger charge is -2.34. The van der Waals surface area contributed by atoms with Crippen molar-refractivity contribution in [2.24, 2.45) is 5.92 Å². The zero-order valence-corrected chi connectivity index (χ0v) is 11.0. The Bertz CT molecular complexity index is 356. The zero-order chi connectivity index (χ0) is 13.9. The summed E-state index contributed by atoms with van der Waals surface area (Å²) in [5, 5.41) is 8.88. The summed E-state index contributed by atoms with van der Waals surface area (Å²) in [7, 11) is 1.49. The summed E-state index contributed by atoms with van der Waals surface area (Å²) in [5.41, 5.74) is 0. The molecule has 6 heteroatoms. The van der Waals surface area contributed by atoms with E-state index in [1.165, 1.54) is 25.8 Å². The highest BCUT2D eigenvalue weighted by Gasteiger charge is 2.32. The minimum absolute atomic E-state index is 0.0403. The molecule has 2 unspecified atom stereocenters. The van der Waals surface area contributed by atoms with Crippen molar-refractivity contribution < 1.29 is 19.5 Å². The Morgan fingerprint density at radius 2 is 2.00 bits per heavy atom. The minimum atomic E-state index is -1.02. The number of piperidine rings is 1. The number of rotatable bonds is 3. The molecule has 0 saturated carbocycles. The Hall–Kier alpha value is -1.59. The predicted molar refractivity (Wildman–Crippen MR) is 64.8 cm³/mol. The number of carbonyl (C=O) groups excluding carboxylic acids is 2. The van der Waals surface area contributed by atoms with Crippen molar-refractivity contribution in [3.8, 4) is 0 Å².